The van der Waals surface area contributed by atoms with E-state index in [1.54, 1.807) is 0 Å². The van der Waals surface area contributed by atoms with E-state index in [4.69, 9.17) is 0 Å². The van der Waals surface area contributed by atoms with Crippen LogP contribution in [-0.2, 0) is 11.3 Å². The summed E-state index contributed by atoms with van der Waals surface area (Å²) < 4.78 is 0. The molecule has 0 aromatic carbocycles. The first-order valence-corrected chi connectivity index (χ1v) is 8.37. The molecule has 1 N–H and O–H groups in total. The molecule has 24 heavy (non-hydrogen) atoms. The van der Waals surface area contributed by atoms with Gasteiger partial charge in [-0.3, -0.25) is 14.7 Å². The van der Waals surface area contributed by atoms with Crippen molar-refractivity contribution in [2.45, 2.75) is 32.4 Å². The first-order valence-electron chi connectivity index (χ1n) is 8.37. The van der Waals surface area contributed by atoms with Gasteiger partial charge in [-0.1, -0.05) is 13.0 Å². The normalized spacial score (nSPS) is 24.6. The standard InChI is InChI=1S/C17H26N4O.2ClH/c1-14-5-7-19-16(12-14)17(22)21-10-8-20(9-11-21)13-15-4-2-3-6-18-15;;/h2-4,6,14,16,19H,5,7-13H2,1H3;2*1H. The van der Waals surface area contributed by atoms with Crippen LogP contribution >= 0.6 is 24.8 Å². The summed E-state index contributed by atoms with van der Waals surface area (Å²) in [6.45, 7) is 7.62. The average molecular weight is 375 g/mol. The Morgan fingerprint density at radius 3 is 2.62 bits per heavy atom. The van der Waals surface area contributed by atoms with Gasteiger partial charge in [0.1, 0.15) is 0 Å². The van der Waals surface area contributed by atoms with E-state index in [0.717, 1.165) is 51.4 Å². The molecule has 1 aromatic rings. The van der Waals surface area contributed by atoms with Crippen molar-refractivity contribution in [2.75, 3.05) is 32.7 Å². The van der Waals surface area contributed by atoms with E-state index in [1.807, 2.05) is 23.2 Å². The maximum absolute atomic E-state index is 12.6. The minimum Gasteiger partial charge on any atom is -0.339 e. The number of piperidine rings is 1. The first-order chi connectivity index (χ1) is 10.7. The Morgan fingerprint density at radius 1 is 1.25 bits per heavy atom. The zero-order valence-electron chi connectivity index (χ0n) is 14.2. The molecule has 3 rings (SSSR count). The van der Waals surface area contributed by atoms with Gasteiger partial charge in [0.15, 0.2) is 0 Å². The molecule has 0 bridgehead atoms. The van der Waals surface area contributed by atoms with Gasteiger partial charge in [-0.05, 0) is 37.4 Å². The third-order valence-corrected chi connectivity index (χ3v) is 4.76. The molecule has 5 nitrogen and oxygen atoms in total. The maximum atomic E-state index is 12.6. The highest BCUT2D eigenvalue weighted by Gasteiger charge is 2.30. The van der Waals surface area contributed by atoms with Gasteiger partial charge in [-0.2, -0.15) is 0 Å². The molecule has 2 saturated heterocycles. The number of rotatable bonds is 3. The Labute approximate surface area is 157 Å². The van der Waals surface area contributed by atoms with Gasteiger partial charge in [-0.25, -0.2) is 0 Å². The first kappa shape index (κ1) is 21.2. The van der Waals surface area contributed by atoms with Crippen LogP contribution in [0.2, 0.25) is 0 Å². The van der Waals surface area contributed by atoms with Gasteiger partial charge < -0.3 is 10.2 Å². The minimum atomic E-state index is 0. The van der Waals surface area contributed by atoms with Gasteiger partial charge >= 0.3 is 0 Å². The summed E-state index contributed by atoms with van der Waals surface area (Å²) in [5, 5.41) is 3.38. The van der Waals surface area contributed by atoms with Crippen molar-refractivity contribution in [3.63, 3.8) is 0 Å². The summed E-state index contributed by atoms with van der Waals surface area (Å²) in [5.41, 5.74) is 1.10. The van der Waals surface area contributed by atoms with Gasteiger partial charge in [-0.15, -0.1) is 24.8 Å². The largest absolute Gasteiger partial charge is 0.339 e. The molecule has 2 atom stereocenters. The summed E-state index contributed by atoms with van der Waals surface area (Å²) in [6, 6.07) is 6.06. The molecule has 1 aromatic heterocycles. The number of aromatic nitrogens is 1. The van der Waals surface area contributed by atoms with Crippen molar-refractivity contribution in [1.82, 2.24) is 20.1 Å². The van der Waals surface area contributed by atoms with Crippen LogP contribution in [0.4, 0.5) is 0 Å². The number of piperazine rings is 1. The van der Waals surface area contributed by atoms with E-state index < -0.39 is 0 Å². The molecule has 2 aliphatic rings. The Hall–Kier alpha value is -0.880. The molecule has 0 radical (unpaired) electrons. The fourth-order valence-electron chi connectivity index (χ4n) is 3.36. The van der Waals surface area contributed by atoms with Gasteiger partial charge in [0.2, 0.25) is 5.91 Å². The number of pyridine rings is 1. The van der Waals surface area contributed by atoms with Crippen molar-refractivity contribution in [1.29, 1.82) is 0 Å². The molecule has 2 fully saturated rings. The summed E-state index contributed by atoms with van der Waals surface area (Å²) in [5.74, 6) is 0.949. The highest BCUT2D eigenvalue weighted by Crippen LogP contribution is 2.17. The third-order valence-electron chi connectivity index (χ3n) is 4.76. The average Bonchev–Trinajstić information content (AvgIpc) is 2.56. The number of nitrogens with zero attached hydrogens (tertiary/aromatic N) is 3. The van der Waals surface area contributed by atoms with E-state index >= 15 is 0 Å². The number of halogens is 2. The summed E-state index contributed by atoms with van der Waals surface area (Å²) in [7, 11) is 0. The Kier molecular flexibility index (Phi) is 8.98. The lowest BCUT2D eigenvalue weighted by Gasteiger charge is -2.38. The zero-order valence-corrected chi connectivity index (χ0v) is 15.8. The fraction of sp³-hybridized carbons (Fsp3) is 0.647. The van der Waals surface area contributed by atoms with Crippen LogP contribution in [0.1, 0.15) is 25.5 Å². The lowest BCUT2D eigenvalue weighted by Crippen LogP contribution is -2.55. The van der Waals surface area contributed by atoms with Crippen LogP contribution in [0.15, 0.2) is 24.4 Å². The third kappa shape index (κ3) is 5.59. The molecule has 1 amide bonds. The fourth-order valence-corrected chi connectivity index (χ4v) is 3.36. The van der Waals surface area contributed by atoms with Crippen LogP contribution in [0.25, 0.3) is 0 Å². The molecule has 136 valence electrons. The molecule has 2 aliphatic heterocycles. The molecule has 0 aliphatic carbocycles. The second kappa shape index (κ2) is 10.2. The Morgan fingerprint density at radius 2 is 2.00 bits per heavy atom. The van der Waals surface area contributed by atoms with Crippen molar-refractivity contribution < 1.29 is 4.79 Å². The summed E-state index contributed by atoms with van der Waals surface area (Å²) in [6.07, 6.45) is 4.00. The highest BCUT2D eigenvalue weighted by molar-refractivity contribution is 5.85. The monoisotopic (exact) mass is 374 g/mol. The predicted octanol–water partition coefficient (Wildman–Crippen LogP) is 1.96. The quantitative estimate of drug-likeness (QED) is 0.878. The van der Waals surface area contributed by atoms with Gasteiger partial charge in [0.25, 0.3) is 0 Å². The molecular formula is C17H28Cl2N4O. The van der Waals surface area contributed by atoms with E-state index in [-0.39, 0.29) is 30.9 Å². The van der Waals surface area contributed by atoms with Crippen LogP contribution < -0.4 is 5.32 Å². The smallest absolute Gasteiger partial charge is 0.239 e. The highest BCUT2D eigenvalue weighted by atomic mass is 35.5. The molecule has 0 spiro atoms. The van der Waals surface area contributed by atoms with Crippen molar-refractivity contribution in [3.8, 4) is 0 Å². The topological polar surface area (TPSA) is 48.5 Å². The lowest BCUT2D eigenvalue weighted by atomic mass is 9.93. The van der Waals surface area contributed by atoms with Crippen LogP contribution in [0.5, 0.6) is 0 Å². The van der Waals surface area contributed by atoms with Crippen molar-refractivity contribution in [3.05, 3.63) is 30.1 Å². The van der Waals surface area contributed by atoms with E-state index in [2.05, 4.69) is 28.2 Å². The van der Waals surface area contributed by atoms with E-state index in [1.165, 1.54) is 6.42 Å². The maximum Gasteiger partial charge on any atom is 0.239 e. The second-order valence-corrected chi connectivity index (χ2v) is 6.56. The number of carbonyl (C=O) groups is 1. The summed E-state index contributed by atoms with van der Waals surface area (Å²) in [4.78, 5) is 21.4. The second-order valence-electron chi connectivity index (χ2n) is 6.56. The van der Waals surface area contributed by atoms with Crippen LogP contribution in [0, 0.1) is 5.92 Å². The number of hydrogen-bond acceptors (Lipinski definition) is 4. The molecule has 0 saturated carbocycles. The molecule has 2 unspecified atom stereocenters. The molecule has 7 heteroatoms. The zero-order chi connectivity index (χ0) is 15.4. The Bertz CT molecular complexity index is 495. The predicted molar refractivity (Wildman–Crippen MR) is 101 cm³/mol. The number of nitrogens with one attached hydrogen (secondary N) is 1. The van der Waals surface area contributed by atoms with Gasteiger partial charge in [0.05, 0.1) is 11.7 Å². The molecule has 3 heterocycles. The van der Waals surface area contributed by atoms with Crippen molar-refractivity contribution >= 4 is 30.7 Å². The SMILES string of the molecule is CC1CCNC(C(=O)N2CCN(Cc3ccccn3)CC2)C1.Cl.Cl. The van der Waals surface area contributed by atoms with E-state index in [0.29, 0.717) is 11.8 Å². The van der Waals surface area contributed by atoms with Crippen LogP contribution in [0.3, 0.4) is 0 Å². The number of carbonyl (C=O) groups excluding carboxylic acids is 1. The Balaban J connectivity index is 0.00000144. The number of amides is 1. The minimum absolute atomic E-state index is 0. The van der Waals surface area contributed by atoms with Crippen molar-refractivity contribution in [2.24, 2.45) is 5.92 Å². The summed E-state index contributed by atoms with van der Waals surface area (Å²) >= 11 is 0. The lowest BCUT2D eigenvalue weighted by molar-refractivity contribution is -0.136. The van der Waals surface area contributed by atoms with Gasteiger partial charge in [0, 0.05) is 38.9 Å². The number of hydrogen-bond donors (Lipinski definition) is 1. The van der Waals surface area contributed by atoms with E-state index in [9.17, 15) is 4.79 Å². The molecular weight excluding hydrogens is 347 g/mol. The van der Waals surface area contributed by atoms with Crippen LogP contribution in [-0.4, -0.2) is 59.5 Å².